The van der Waals surface area contributed by atoms with Crippen LogP contribution in [0.15, 0.2) is 24.5 Å². The number of anilines is 3. The highest BCUT2D eigenvalue weighted by atomic mass is 35.5. The lowest BCUT2D eigenvalue weighted by atomic mass is 9.97. The highest BCUT2D eigenvalue weighted by molar-refractivity contribution is 6.34. The molecule has 0 radical (unpaired) electrons. The summed E-state index contributed by atoms with van der Waals surface area (Å²) in [5, 5.41) is 8.99. The van der Waals surface area contributed by atoms with Crippen LogP contribution in [-0.4, -0.2) is 76.3 Å². The number of rotatable bonds is 6. The van der Waals surface area contributed by atoms with Gasteiger partial charge in [-0.25, -0.2) is 14.4 Å². The molecule has 8 nitrogen and oxygen atoms in total. The van der Waals surface area contributed by atoms with Crippen molar-refractivity contribution in [3.05, 3.63) is 35.2 Å². The fourth-order valence-electron chi connectivity index (χ4n) is 4.41. The normalized spacial score (nSPS) is 18.7. The molecule has 32 heavy (non-hydrogen) atoms. The van der Waals surface area contributed by atoms with E-state index in [4.69, 9.17) is 21.3 Å². The first kappa shape index (κ1) is 21.4. The van der Waals surface area contributed by atoms with E-state index in [-0.39, 0.29) is 12.1 Å². The van der Waals surface area contributed by atoms with E-state index in [1.54, 1.807) is 17.1 Å². The van der Waals surface area contributed by atoms with Gasteiger partial charge in [-0.15, -0.1) is 0 Å². The lowest BCUT2D eigenvalue weighted by Gasteiger charge is -2.50. The molecule has 2 aromatic heterocycles. The largest absolute Gasteiger partial charge is 0.377 e. The first-order chi connectivity index (χ1) is 15.5. The van der Waals surface area contributed by atoms with Crippen molar-refractivity contribution in [1.82, 2.24) is 24.6 Å². The van der Waals surface area contributed by atoms with Crippen molar-refractivity contribution in [2.24, 2.45) is 0 Å². The van der Waals surface area contributed by atoms with Crippen molar-refractivity contribution in [3.63, 3.8) is 0 Å². The average Bonchev–Trinajstić information content (AvgIpc) is 3.11. The lowest BCUT2D eigenvalue weighted by molar-refractivity contribution is -0.131. The molecule has 1 N–H and O–H groups in total. The number of fused-ring (bicyclic) bond motifs is 1. The summed E-state index contributed by atoms with van der Waals surface area (Å²) in [7, 11) is 0. The van der Waals surface area contributed by atoms with E-state index >= 15 is 0 Å². The molecule has 2 fully saturated rings. The Kier molecular flexibility index (Phi) is 5.65. The van der Waals surface area contributed by atoms with E-state index in [2.05, 4.69) is 32.1 Å². The summed E-state index contributed by atoms with van der Waals surface area (Å²) in [4.78, 5) is 13.9. The van der Waals surface area contributed by atoms with Crippen LogP contribution in [0.2, 0.25) is 5.02 Å². The maximum Gasteiger partial charge on any atom is 0.227 e. The van der Waals surface area contributed by atoms with Gasteiger partial charge in [-0.05, 0) is 26.0 Å². The first-order valence-corrected chi connectivity index (χ1v) is 11.2. The standard InChI is InChI=1S/C22H27ClFN7O/c1-15-19(12-26-31(15)4-3-24)28-21-25-11-16-9-17(23)20(10-18(16)27-21)29-5-7-30(8-6-29)22(2)13-32-14-22/h9-12H,3-8,13-14H2,1-2H3,(H,25,27,28). The van der Waals surface area contributed by atoms with Crippen LogP contribution in [0.4, 0.5) is 21.7 Å². The molecule has 2 aliphatic rings. The second-order valence-electron chi connectivity index (χ2n) is 8.70. The maximum absolute atomic E-state index is 12.7. The minimum atomic E-state index is -0.459. The van der Waals surface area contributed by atoms with E-state index in [1.807, 2.05) is 19.1 Å². The van der Waals surface area contributed by atoms with E-state index in [0.29, 0.717) is 11.0 Å². The summed E-state index contributed by atoms with van der Waals surface area (Å²) in [6, 6.07) is 3.96. The van der Waals surface area contributed by atoms with Gasteiger partial charge >= 0.3 is 0 Å². The Morgan fingerprint density at radius 1 is 1.19 bits per heavy atom. The van der Waals surface area contributed by atoms with Gasteiger partial charge in [-0.1, -0.05) is 11.6 Å². The van der Waals surface area contributed by atoms with Crippen LogP contribution in [0.3, 0.4) is 0 Å². The molecule has 0 saturated carbocycles. The van der Waals surface area contributed by atoms with Gasteiger partial charge in [0.05, 0.1) is 59.1 Å². The summed E-state index contributed by atoms with van der Waals surface area (Å²) in [5.41, 5.74) is 3.58. The molecule has 4 heterocycles. The lowest BCUT2D eigenvalue weighted by Crippen LogP contribution is -2.64. The van der Waals surface area contributed by atoms with Crippen LogP contribution in [-0.2, 0) is 11.3 Å². The number of aryl methyl sites for hydroxylation is 1. The van der Waals surface area contributed by atoms with Gasteiger partial charge in [0.15, 0.2) is 0 Å². The third-order valence-electron chi connectivity index (χ3n) is 6.50. The molecular formula is C22H27ClFN7O. The fraction of sp³-hybridized carbons (Fsp3) is 0.500. The number of halogens is 2. The van der Waals surface area contributed by atoms with Gasteiger partial charge in [0.2, 0.25) is 5.95 Å². The SMILES string of the molecule is Cc1c(Nc2ncc3cc(Cl)c(N4CCN(C5(C)COC5)CC4)cc3n2)cnn1CCF. The van der Waals surface area contributed by atoms with Gasteiger partial charge < -0.3 is 15.0 Å². The fourth-order valence-corrected chi connectivity index (χ4v) is 4.70. The number of aromatic nitrogens is 4. The number of alkyl halides is 1. The van der Waals surface area contributed by atoms with Crippen molar-refractivity contribution in [3.8, 4) is 0 Å². The third-order valence-corrected chi connectivity index (χ3v) is 6.81. The predicted octanol–water partition coefficient (Wildman–Crippen LogP) is 3.41. The van der Waals surface area contributed by atoms with Crippen LogP contribution in [0.5, 0.6) is 0 Å². The molecule has 0 spiro atoms. The Labute approximate surface area is 191 Å². The van der Waals surface area contributed by atoms with Crippen LogP contribution in [0.1, 0.15) is 12.6 Å². The zero-order valence-corrected chi connectivity index (χ0v) is 19.1. The molecule has 0 atom stereocenters. The van der Waals surface area contributed by atoms with Crippen molar-refractivity contribution in [1.29, 1.82) is 0 Å². The van der Waals surface area contributed by atoms with Gasteiger partial charge in [-0.2, -0.15) is 5.10 Å². The number of hydrogen-bond donors (Lipinski definition) is 1. The molecule has 3 aromatic rings. The monoisotopic (exact) mass is 459 g/mol. The van der Waals surface area contributed by atoms with E-state index < -0.39 is 6.67 Å². The summed E-state index contributed by atoms with van der Waals surface area (Å²) < 4.78 is 19.7. The van der Waals surface area contributed by atoms with Crippen LogP contribution >= 0.6 is 11.6 Å². The van der Waals surface area contributed by atoms with Crippen molar-refractivity contribution >= 4 is 39.8 Å². The molecule has 0 aliphatic carbocycles. The molecule has 0 bridgehead atoms. The molecule has 2 aliphatic heterocycles. The van der Waals surface area contributed by atoms with Crippen LogP contribution < -0.4 is 10.2 Å². The Balaban J connectivity index is 1.35. The molecule has 0 unspecified atom stereocenters. The Morgan fingerprint density at radius 2 is 1.97 bits per heavy atom. The Hall–Kier alpha value is -2.49. The molecule has 1 aromatic carbocycles. The number of nitrogens with one attached hydrogen (secondary N) is 1. The highest BCUT2D eigenvalue weighted by Crippen LogP contribution is 2.33. The number of benzene rings is 1. The zero-order chi connectivity index (χ0) is 22.3. The zero-order valence-electron chi connectivity index (χ0n) is 18.3. The van der Waals surface area contributed by atoms with Gasteiger partial charge in [-0.3, -0.25) is 9.58 Å². The predicted molar refractivity (Wildman–Crippen MR) is 124 cm³/mol. The minimum Gasteiger partial charge on any atom is -0.377 e. The van der Waals surface area contributed by atoms with Crippen LogP contribution in [0, 0.1) is 6.92 Å². The molecule has 5 rings (SSSR count). The summed E-state index contributed by atoms with van der Waals surface area (Å²) >= 11 is 6.64. The number of nitrogens with zero attached hydrogens (tertiary/aromatic N) is 6. The number of piperazine rings is 1. The second-order valence-corrected chi connectivity index (χ2v) is 9.11. The van der Waals surface area contributed by atoms with Gasteiger partial charge in [0.1, 0.15) is 6.67 Å². The summed E-state index contributed by atoms with van der Waals surface area (Å²) in [5.74, 6) is 0.469. The Morgan fingerprint density at radius 3 is 2.66 bits per heavy atom. The van der Waals surface area contributed by atoms with Crippen molar-refractivity contribution < 1.29 is 9.13 Å². The van der Waals surface area contributed by atoms with E-state index in [0.717, 1.165) is 67.4 Å². The molecule has 170 valence electrons. The molecule has 2 saturated heterocycles. The highest BCUT2D eigenvalue weighted by Gasteiger charge is 2.40. The molecule has 10 heteroatoms. The van der Waals surface area contributed by atoms with Crippen molar-refractivity contribution in [2.45, 2.75) is 25.9 Å². The number of ether oxygens (including phenoxy) is 1. The van der Waals surface area contributed by atoms with Crippen molar-refractivity contribution in [2.75, 3.05) is 56.3 Å². The quantitative estimate of drug-likeness (QED) is 0.605. The second kappa shape index (κ2) is 8.46. The van der Waals surface area contributed by atoms with Crippen LogP contribution in [0.25, 0.3) is 10.9 Å². The molecular weight excluding hydrogens is 433 g/mol. The maximum atomic E-state index is 12.7. The summed E-state index contributed by atoms with van der Waals surface area (Å²) in [6.45, 7) is 9.31. The Bertz CT molecular complexity index is 1120. The number of hydrogen-bond acceptors (Lipinski definition) is 7. The van der Waals surface area contributed by atoms with E-state index in [9.17, 15) is 4.39 Å². The summed E-state index contributed by atoms with van der Waals surface area (Å²) in [6.07, 6.45) is 3.43. The van der Waals surface area contributed by atoms with E-state index in [1.165, 1.54) is 0 Å². The molecule has 0 amide bonds. The average molecular weight is 460 g/mol. The van der Waals surface area contributed by atoms with Gasteiger partial charge in [0, 0.05) is 37.8 Å². The first-order valence-electron chi connectivity index (χ1n) is 10.9. The topological polar surface area (TPSA) is 71.3 Å². The van der Waals surface area contributed by atoms with Gasteiger partial charge in [0.25, 0.3) is 0 Å². The minimum absolute atomic E-state index is 0.170. The third kappa shape index (κ3) is 3.89. The smallest absolute Gasteiger partial charge is 0.227 e.